The van der Waals surface area contributed by atoms with Gasteiger partial charge in [0.05, 0.1) is 6.33 Å². The maximum absolute atomic E-state index is 6.01. The van der Waals surface area contributed by atoms with Crippen LogP contribution >= 0.6 is 23.4 Å². The van der Waals surface area contributed by atoms with E-state index < -0.39 is 0 Å². The van der Waals surface area contributed by atoms with Crippen LogP contribution in [0.5, 0.6) is 0 Å². The number of unbranched alkanes of at least 4 members (excludes halogenated alkanes) is 6. The first-order chi connectivity index (χ1) is 12.3. The molecule has 1 aromatic carbocycles. The van der Waals surface area contributed by atoms with Gasteiger partial charge in [-0.05, 0) is 37.1 Å². The van der Waals surface area contributed by atoms with Gasteiger partial charge < -0.3 is 4.57 Å². The lowest BCUT2D eigenvalue weighted by Crippen LogP contribution is -2.08. The van der Waals surface area contributed by atoms with Crippen molar-refractivity contribution in [3.05, 3.63) is 48.0 Å². The third-order valence-corrected chi connectivity index (χ3v) is 6.12. The van der Waals surface area contributed by atoms with Gasteiger partial charge >= 0.3 is 0 Å². The minimum absolute atomic E-state index is 0.652. The quantitative estimate of drug-likeness (QED) is 0.270. The van der Waals surface area contributed by atoms with Gasteiger partial charge in [0.15, 0.2) is 0 Å². The number of rotatable bonds is 13. The molecule has 0 saturated heterocycles. The van der Waals surface area contributed by atoms with Gasteiger partial charge in [0.1, 0.15) is 0 Å². The molecule has 0 spiro atoms. The second kappa shape index (κ2) is 12.4. The van der Waals surface area contributed by atoms with Crippen LogP contribution in [0, 0.1) is 0 Å². The molecule has 2 nitrogen and oxygen atoms in total. The zero-order chi connectivity index (χ0) is 17.7. The van der Waals surface area contributed by atoms with E-state index in [9.17, 15) is 0 Å². The molecular weight excluding hydrogens is 348 g/mol. The third kappa shape index (κ3) is 8.82. The van der Waals surface area contributed by atoms with E-state index in [1.54, 1.807) is 0 Å². The minimum atomic E-state index is 0.652. The molecule has 0 amide bonds. The SMILES string of the molecule is CCCCCCCCCC(CCn1ccnc1)Sc1ccc(Cl)cc1. The summed E-state index contributed by atoms with van der Waals surface area (Å²) in [5.74, 6) is 0. The Balaban J connectivity index is 1.75. The Bertz CT molecular complexity index is 554. The zero-order valence-corrected chi connectivity index (χ0v) is 16.9. The van der Waals surface area contributed by atoms with E-state index in [-0.39, 0.29) is 0 Å². The maximum atomic E-state index is 6.01. The predicted octanol–water partition coefficient (Wildman–Crippen LogP) is 7.23. The van der Waals surface area contributed by atoms with Crippen LogP contribution < -0.4 is 0 Å². The van der Waals surface area contributed by atoms with Gasteiger partial charge in [0.25, 0.3) is 0 Å². The van der Waals surface area contributed by atoms with Crippen molar-refractivity contribution in [2.24, 2.45) is 0 Å². The topological polar surface area (TPSA) is 17.8 Å². The van der Waals surface area contributed by atoms with Crippen LogP contribution in [0.4, 0.5) is 0 Å². The van der Waals surface area contributed by atoms with Crippen LogP contribution in [-0.2, 0) is 6.54 Å². The van der Waals surface area contributed by atoms with Gasteiger partial charge in [-0.1, -0.05) is 63.5 Å². The van der Waals surface area contributed by atoms with E-state index in [1.807, 2.05) is 36.4 Å². The number of aryl methyl sites for hydroxylation is 1. The third-order valence-electron chi connectivity index (χ3n) is 4.51. The summed E-state index contributed by atoms with van der Waals surface area (Å²) < 4.78 is 2.18. The fraction of sp³-hybridized carbons (Fsp3) is 0.571. The highest BCUT2D eigenvalue weighted by Crippen LogP contribution is 2.30. The number of halogens is 1. The second-order valence-corrected chi connectivity index (χ2v) is 8.50. The summed E-state index contributed by atoms with van der Waals surface area (Å²) in [7, 11) is 0. The molecule has 0 bridgehead atoms. The second-order valence-electron chi connectivity index (χ2n) is 6.69. The summed E-state index contributed by atoms with van der Waals surface area (Å²) in [6, 6.07) is 8.26. The van der Waals surface area contributed by atoms with Crippen molar-refractivity contribution < 1.29 is 0 Å². The van der Waals surface area contributed by atoms with Gasteiger partial charge in [-0.15, -0.1) is 11.8 Å². The summed E-state index contributed by atoms with van der Waals surface area (Å²) in [5.41, 5.74) is 0. The van der Waals surface area contributed by atoms with Crippen molar-refractivity contribution >= 4 is 23.4 Å². The summed E-state index contributed by atoms with van der Waals surface area (Å²) in [6.07, 6.45) is 17.9. The van der Waals surface area contributed by atoms with Gasteiger partial charge in [0.2, 0.25) is 0 Å². The lowest BCUT2D eigenvalue weighted by Gasteiger charge is -2.17. The number of nitrogens with zero attached hydrogens (tertiary/aromatic N) is 2. The Morgan fingerprint density at radius 2 is 1.72 bits per heavy atom. The summed E-state index contributed by atoms with van der Waals surface area (Å²) in [5, 5.41) is 1.46. The first-order valence-corrected chi connectivity index (χ1v) is 10.9. The number of benzene rings is 1. The van der Waals surface area contributed by atoms with Gasteiger partial charge in [-0.2, -0.15) is 0 Å². The number of hydrogen-bond donors (Lipinski definition) is 0. The normalized spacial score (nSPS) is 12.4. The molecule has 4 heteroatoms. The van der Waals surface area contributed by atoms with Crippen molar-refractivity contribution in [2.45, 2.75) is 81.4 Å². The van der Waals surface area contributed by atoms with Crippen LogP contribution in [0.25, 0.3) is 0 Å². The molecule has 0 fully saturated rings. The molecule has 0 radical (unpaired) electrons. The molecule has 0 N–H and O–H groups in total. The highest BCUT2D eigenvalue weighted by Gasteiger charge is 2.11. The molecule has 0 aliphatic carbocycles. The van der Waals surface area contributed by atoms with Crippen LogP contribution in [0.2, 0.25) is 5.02 Å². The maximum Gasteiger partial charge on any atom is 0.0945 e. The lowest BCUT2D eigenvalue weighted by molar-refractivity contribution is 0.542. The van der Waals surface area contributed by atoms with E-state index in [0.29, 0.717) is 5.25 Å². The number of aromatic nitrogens is 2. The van der Waals surface area contributed by atoms with E-state index in [2.05, 4.69) is 34.8 Å². The predicted molar refractivity (Wildman–Crippen MR) is 111 cm³/mol. The van der Waals surface area contributed by atoms with E-state index >= 15 is 0 Å². The molecule has 0 aliphatic heterocycles. The molecule has 1 aromatic heterocycles. The average Bonchev–Trinajstić information content (AvgIpc) is 3.14. The molecular formula is C21H31ClN2S. The number of hydrogen-bond acceptors (Lipinski definition) is 2. The summed E-state index contributed by atoms with van der Waals surface area (Å²) in [6.45, 7) is 3.32. The van der Waals surface area contributed by atoms with Gasteiger partial charge in [-0.25, -0.2) is 4.98 Å². The number of imidazole rings is 1. The van der Waals surface area contributed by atoms with Crippen molar-refractivity contribution in [1.82, 2.24) is 9.55 Å². The Labute approximate surface area is 162 Å². The fourth-order valence-corrected chi connectivity index (χ4v) is 4.32. The molecule has 2 aromatic rings. The highest BCUT2D eigenvalue weighted by atomic mass is 35.5. The van der Waals surface area contributed by atoms with Crippen LogP contribution in [0.15, 0.2) is 47.9 Å². The van der Waals surface area contributed by atoms with Gasteiger partial charge in [-0.3, -0.25) is 0 Å². The van der Waals surface area contributed by atoms with E-state index in [4.69, 9.17) is 11.6 Å². The van der Waals surface area contributed by atoms with Crippen molar-refractivity contribution in [2.75, 3.05) is 0 Å². The molecule has 0 saturated carbocycles. The molecule has 1 unspecified atom stereocenters. The summed E-state index contributed by atoms with van der Waals surface area (Å²) in [4.78, 5) is 5.47. The summed E-state index contributed by atoms with van der Waals surface area (Å²) >= 11 is 8.01. The van der Waals surface area contributed by atoms with E-state index in [1.165, 1.54) is 62.7 Å². The molecule has 25 heavy (non-hydrogen) atoms. The van der Waals surface area contributed by atoms with Crippen LogP contribution in [0.1, 0.15) is 64.7 Å². The largest absolute Gasteiger partial charge is 0.337 e. The highest BCUT2D eigenvalue weighted by molar-refractivity contribution is 8.00. The van der Waals surface area contributed by atoms with Crippen LogP contribution in [0.3, 0.4) is 0 Å². The van der Waals surface area contributed by atoms with Crippen molar-refractivity contribution in [3.8, 4) is 0 Å². The van der Waals surface area contributed by atoms with Crippen molar-refractivity contribution in [3.63, 3.8) is 0 Å². The molecule has 1 atom stereocenters. The average molecular weight is 379 g/mol. The minimum Gasteiger partial charge on any atom is -0.337 e. The molecule has 2 rings (SSSR count). The number of thioether (sulfide) groups is 1. The first-order valence-electron chi connectivity index (χ1n) is 9.66. The van der Waals surface area contributed by atoms with Crippen LogP contribution in [-0.4, -0.2) is 14.8 Å². The zero-order valence-electron chi connectivity index (χ0n) is 15.4. The Kier molecular flexibility index (Phi) is 10.1. The van der Waals surface area contributed by atoms with E-state index in [0.717, 1.165) is 11.6 Å². The Morgan fingerprint density at radius 3 is 2.40 bits per heavy atom. The standard InChI is InChI=1S/C21H31ClN2S/c1-2-3-4-5-6-7-8-9-20(14-16-24-17-15-23-18-24)25-21-12-10-19(22)11-13-21/h10-13,15,17-18,20H,2-9,14,16H2,1H3. The Hall–Kier alpha value is -0.930. The smallest absolute Gasteiger partial charge is 0.0945 e. The van der Waals surface area contributed by atoms with Crippen molar-refractivity contribution in [1.29, 1.82) is 0 Å². The fourth-order valence-electron chi connectivity index (χ4n) is 3.01. The molecule has 1 heterocycles. The lowest BCUT2D eigenvalue weighted by atomic mass is 10.1. The molecule has 0 aliphatic rings. The monoisotopic (exact) mass is 378 g/mol. The molecule has 138 valence electrons. The Morgan fingerprint density at radius 1 is 1.00 bits per heavy atom. The van der Waals surface area contributed by atoms with Gasteiger partial charge in [0, 0.05) is 34.1 Å². The first kappa shape index (κ1) is 20.4.